The van der Waals surface area contributed by atoms with Crippen LogP contribution in [0.3, 0.4) is 0 Å². The third-order valence-corrected chi connectivity index (χ3v) is 9.25. The smallest absolute Gasteiger partial charge is 0.358 e. The third-order valence-electron chi connectivity index (χ3n) is 8.30. The fourth-order valence-corrected chi connectivity index (χ4v) is 6.89. The standard InChI is InChI=1S/C40H36N4O4S/c1-25-23-28(47-27-12-6-5-7-13-27)17-18-29(25)30-19-20-35(42-36(30)38(46)48-40(2,3)4)44-22-21-26-11-10-14-31(32(26)24-44)37(45)43-39-41-33-15-8-9-16-34(33)49-39/h5-20,23H,21-22,24H2,1-4H3,(H,41,43,45). The number of carbonyl (C=O) groups excluding carboxylic acids is 2. The van der Waals surface area contributed by atoms with E-state index in [0.717, 1.165) is 44.6 Å². The molecule has 1 aliphatic heterocycles. The summed E-state index contributed by atoms with van der Waals surface area (Å²) in [5, 5.41) is 3.57. The molecule has 0 aliphatic carbocycles. The maximum absolute atomic E-state index is 13.7. The Morgan fingerprint density at radius 3 is 2.39 bits per heavy atom. The second-order valence-corrected chi connectivity index (χ2v) is 14.0. The molecule has 4 aromatic carbocycles. The largest absolute Gasteiger partial charge is 0.457 e. The van der Waals surface area contributed by atoms with Gasteiger partial charge >= 0.3 is 5.97 Å². The zero-order chi connectivity index (χ0) is 34.1. The Balaban J connectivity index is 1.19. The Morgan fingerprint density at radius 2 is 1.61 bits per heavy atom. The van der Waals surface area contributed by atoms with E-state index in [9.17, 15) is 9.59 Å². The minimum atomic E-state index is -0.704. The molecule has 2 aromatic heterocycles. The number of hydrogen-bond donors (Lipinski definition) is 1. The number of hydrogen-bond acceptors (Lipinski definition) is 8. The van der Waals surface area contributed by atoms with Crippen molar-refractivity contribution < 1.29 is 19.1 Å². The van der Waals surface area contributed by atoms with Crippen molar-refractivity contribution in [1.29, 1.82) is 0 Å². The molecule has 8 nitrogen and oxygen atoms in total. The first-order valence-corrected chi connectivity index (χ1v) is 17.0. The van der Waals surface area contributed by atoms with Gasteiger partial charge in [-0.1, -0.05) is 59.9 Å². The lowest BCUT2D eigenvalue weighted by Crippen LogP contribution is -2.33. The number of rotatable bonds is 7. The van der Waals surface area contributed by atoms with Crippen LogP contribution in [-0.2, 0) is 17.7 Å². The first-order valence-electron chi connectivity index (χ1n) is 16.2. The van der Waals surface area contributed by atoms with Crippen molar-refractivity contribution in [3.05, 3.63) is 131 Å². The molecule has 3 heterocycles. The molecular formula is C40H36N4O4S. The van der Waals surface area contributed by atoms with Crippen LogP contribution in [0.5, 0.6) is 11.5 Å². The maximum atomic E-state index is 13.7. The molecule has 246 valence electrons. The lowest BCUT2D eigenvalue weighted by atomic mass is 9.94. The molecule has 0 bridgehead atoms. The lowest BCUT2D eigenvalue weighted by Gasteiger charge is -2.31. The van der Waals surface area contributed by atoms with E-state index in [1.165, 1.54) is 11.3 Å². The minimum Gasteiger partial charge on any atom is -0.457 e. The third kappa shape index (κ3) is 7.03. The molecule has 49 heavy (non-hydrogen) atoms. The molecule has 0 radical (unpaired) electrons. The highest BCUT2D eigenvalue weighted by molar-refractivity contribution is 7.22. The number of aryl methyl sites for hydroxylation is 1. The van der Waals surface area contributed by atoms with Gasteiger partial charge in [0, 0.05) is 24.2 Å². The van der Waals surface area contributed by atoms with Gasteiger partial charge in [-0.3, -0.25) is 10.1 Å². The topological polar surface area (TPSA) is 93.6 Å². The predicted octanol–water partition coefficient (Wildman–Crippen LogP) is 9.23. The summed E-state index contributed by atoms with van der Waals surface area (Å²) >= 11 is 1.45. The van der Waals surface area contributed by atoms with Gasteiger partial charge in [-0.05, 0) is 111 Å². The van der Waals surface area contributed by atoms with Gasteiger partial charge in [0.1, 0.15) is 22.9 Å². The van der Waals surface area contributed by atoms with E-state index in [2.05, 4.69) is 21.3 Å². The van der Waals surface area contributed by atoms with Gasteiger partial charge in [0.2, 0.25) is 0 Å². The molecule has 1 aliphatic rings. The van der Waals surface area contributed by atoms with E-state index < -0.39 is 11.6 Å². The van der Waals surface area contributed by atoms with Crippen molar-refractivity contribution in [2.24, 2.45) is 0 Å². The van der Waals surface area contributed by atoms with Gasteiger partial charge in [-0.15, -0.1) is 0 Å². The molecule has 0 saturated carbocycles. The molecule has 1 N–H and O–H groups in total. The average molecular weight is 669 g/mol. The monoisotopic (exact) mass is 668 g/mol. The number of fused-ring (bicyclic) bond motifs is 2. The molecule has 1 amide bonds. The lowest BCUT2D eigenvalue weighted by molar-refractivity contribution is 0.00638. The number of ether oxygens (including phenoxy) is 2. The zero-order valence-electron chi connectivity index (χ0n) is 27.8. The quantitative estimate of drug-likeness (QED) is 0.170. The van der Waals surface area contributed by atoms with Crippen molar-refractivity contribution in [3.63, 3.8) is 0 Å². The second kappa shape index (κ2) is 13.2. The minimum absolute atomic E-state index is 0.203. The van der Waals surface area contributed by atoms with Crippen LogP contribution in [0.2, 0.25) is 0 Å². The number of pyridine rings is 1. The van der Waals surface area contributed by atoms with Crippen molar-refractivity contribution in [3.8, 4) is 22.6 Å². The van der Waals surface area contributed by atoms with Crippen LogP contribution in [0.25, 0.3) is 21.3 Å². The summed E-state index contributed by atoms with van der Waals surface area (Å²) in [4.78, 5) is 38.9. The van der Waals surface area contributed by atoms with Crippen LogP contribution in [0.1, 0.15) is 58.3 Å². The molecular weight excluding hydrogens is 633 g/mol. The normalized spacial score (nSPS) is 12.8. The summed E-state index contributed by atoms with van der Waals surface area (Å²) in [7, 11) is 0. The molecule has 9 heteroatoms. The predicted molar refractivity (Wildman–Crippen MR) is 195 cm³/mol. The van der Waals surface area contributed by atoms with E-state index >= 15 is 0 Å². The summed E-state index contributed by atoms with van der Waals surface area (Å²) in [6.45, 7) is 8.67. The van der Waals surface area contributed by atoms with Gasteiger partial charge in [-0.25, -0.2) is 14.8 Å². The van der Waals surface area contributed by atoms with Crippen LogP contribution in [0.4, 0.5) is 10.9 Å². The number of anilines is 2. The van der Waals surface area contributed by atoms with Gasteiger partial charge in [0.25, 0.3) is 5.91 Å². The van der Waals surface area contributed by atoms with Crippen molar-refractivity contribution in [2.75, 3.05) is 16.8 Å². The van der Waals surface area contributed by atoms with Crippen molar-refractivity contribution in [1.82, 2.24) is 9.97 Å². The summed E-state index contributed by atoms with van der Waals surface area (Å²) in [6.07, 6.45) is 0.727. The van der Waals surface area contributed by atoms with Gasteiger partial charge in [-0.2, -0.15) is 0 Å². The molecule has 0 atom stereocenters. The maximum Gasteiger partial charge on any atom is 0.358 e. The molecule has 6 aromatic rings. The van der Waals surface area contributed by atoms with Crippen molar-refractivity contribution >= 4 is 44.4 Å². The number of aromatic nitrogens is 2. The number of nitrogens with one attached hydrogen (secondary N) is 1. The zero-order valence-corrected chi connectivity index (χ0v) is 28.6. The van der Waals surface area contributed by atoms with E-state index in [4.69, 9.17) is 14.5 Å². The van der Waals surface area contributed by atoms with Crippen molar-refractivity contribution in [2.45, 2.75) is 46.3 Å². The van der Waals surface area contributed by atoms with Crippen LogP contribution in [0.15, 0.2) is 103 Å². The summed E-state index contributed by atoms with van der Waals surface area (Å²) in [6, 6.07) is 32.9. The van der Waals surface area contributed by atoms with Crippen LogP contribution < -0.4 is 15.0 Å². The summed E-state index contributed by atoms with van der Waals surface area (Å²) in [5.41, 5.74) is 5.50. The fraction of sp³-hybridized carbons (Fsp3) is 0.200. The number of nitrogens with zero attached hydrogens (tertiary/aromatic N) is 3. The Kier molecular flexibility index (Phi) is 8.60. The van der Waals surface area contributed by atoms with E-state index in [1.54, 1.807) is 0 Å². The molecule has 0 spiro atoms. The Morgan fingerprint density at radius 1 is 0.837 bits per heavy atom. The molecule has 0 saturated heterocycles. The molecule has 7 rings (SSSR count). The second-order valence-electron chi connectivity index (χ2n) is 13.0. The molecule has 0 unspecified atom stereocenters. The Bertz CT molecular complexity index is 2160. The van der Waals surface area contributed by atoms with E-state index in [-0.39, 0.29) is 11.6 Å². The number of esters is 1. The number of thiazole rings is 1. The number of carbonyl (C=O) groups is 2. The number of benzene rings is 4. The number of amides is 1. The Hall–Kier alpha value is -5.54. The van der Waals surface area contributed by atoms with Crippen LogP contribution >= 0.6 is 11.3 Å². The van der Waals surface area contributed by atoms with E-state index in [0.29, 0.717) is 40.9 Å². The number of para-hydroxylation sites is 2. The highest BCUT2D eigenvalue weighted by Crippen LogP contribution is 2.35. The highest BCUT2D eigenvalue weighted by atomic mass is 32.1. The average Bonchev–Trinajstić information content (AvgIpc) is 3.50. The highest BCUT2D eigenvalue weighted by Gasteiger charge is 2.27. The summed E-state index contributed by atoms with van der Waals surface area (Å²) < 4.78 is 12.9. The SMILES string of the molecule is Cc1cc(Oc2ccccc2)ccc1-c1ccc(N2CCc3cccc(C(=O)Nc4nc5ccccc5s4)c3C2)nc1C(=O)OC(C)(C)C. The first-order chi connectivity index (χ1) is 23.6. The van der Waals surface area contributed by atoms with Crippen LogP contribution in [0, 0.1) is 6.92 Å². The molecule has 0 fully saturated rings. The van der Waals surface area contributed by atoms with Gasteiger partial charge in [0.15, 0.2) is 10.8 Å². The van der Waals surface area contributed by atoms with Gasteiger partial charge < -0.3 is 14.4 Å². The fourth-order valence-electron chi connectivity index (χ4n) is 6.03. The first kappa shape index (κ1) is 32.0. The Labute approximate surface area is 289 Å². The summed E-state index contributed by atoms with van der Waals surface area (Å²) in [5.74, 6) is 1.38. The van der Waals surface area contributed by atoms with Crippen LogP contribution in [-0.4, -0.2) is 34.0 Å². The van der Waals surface area contributed by atoms with E-state index in [1.807, 2.05) is 125 Å². The van der Waals surface area contributed by atoms with Gasteiger partial charge in [0.05, 0.1) is 10.2 Å².